The number of thiol groups is 1. The van der Waals surface area contributed by atoms with E-state index < -0.39 is 5.60 Å². The molecule has 0 aliphatic carbocycles. The molecule has 0 radical (unpaired) electrons. The molecule has 0 heterocycles. The van der Waals surface area contributed by atoms with Crippen molar-refractivity contribution in [3.63, 3.8) is 0 Å². The van der Waals surface area contributed by atoms with Crippen LogP contribution in [-0.4, -0.2) is 29.5 Å². The molecule has 0 aliphatic rings. The summed E-state index contributed by atoms with van der Waals surface area (Å²) in [7, 11) is 0. The van der Waals surface area contributed by atoms with E-state index in [1.807, 2.05) is 0 Å². The number of nitrogens with one attached hydrogen (secondary N) is 1. The summed E-state index contributed by atoms with van der Waals surface area (Å²) in [6.07, 6.45) is 0. The summed E-state index contributed by atoms with van der Waals surface area (Å²) >= 11 is 4.01. The van der Waals surface area contributed by atoms with Crippen LogP contribution in [0.2, 0.25) is 0 Å². The van der Waals surface area contributed by atoms with Gasteiger partial charge in [0.2, 0.25) is 0 Å². The molecule has 0 aromatic heterocycles. The molecule has 9 heavy (non-hydrogen) atoms. The molecule has 2 nitrogen and oxygen atoms in total. The topological polar surface area (TPSA) is 32.3 Å². The molecule has 0 aromatic rings. The molecule has 2 N–H and O–H groups in total. The SMILES string of the molecule is CC(C)(O)CNCCS. The molecule has 0 spiro atoms. The molecule has 0 rings (SSSR count). The van der Waals surface area contributed by atoms with Crippen LogP contribution in [-0.2, 0) is 0 Å². The first-order valence-corrected chi connectivity index (χ1v) is 3.73. The molecule has 0 unspecified atom stereocenters. The van der Waals surface area contributed by atoms with E-state index in [1.165, 1.54) is 0 Å². The molecule has 0 saturated carbocycles. The fourth-order valence-corrected chi connectivity index (χ4v) is 0.631. The van der Waals surface area contributed by atoms with Crippen LogP contribution in [0.1, 0.15) is 13.8 Å². The van der Waals surface area contributed by atoms with Gasteiger partial charge in [-0.25, -0.2) is 0 Å². The van der Waals surface area contributed by atoms with Gasteiger partial charge in [0.25, 0.3) is 0 Å². The summed E-state index contributed by atoms with van der Waals surface area (Å²) < 4.78 is 0. The third kappa shape index (κ3) is 8.27. The molecular weight excluding hydrogens is 134 g/mol. The zero-order valence-corrected chi connectivity index (χ0v) is 6.91. The normalized spacial score (nSPS) is 12.0. The maximum Gasteiger partial charge on any atom is 0.0715 e. The summed E-state index contributed by atoms with van der Waals surface area (Å²) in [5, 5.41) is 12.2. The average molecular weight is 149 g/mol. The summed E-state index contributed by atoms with van der Waals surface area (Å²) in [6, 6.07) is 0. The van der Waals surface area contributed by atoms with E-state index in [2.05, 4.69) is 17.9 Å². The van der Waals surface area contributed by atoms with E-state index in [-0.39, 0.29) is 0 Å². The average Bonchev–Trinajstić information content (AvgIpc) is 1.63. The zero-order chi connectivity index (χ0) is 7.33. The molecule has 56 valence electrons. The Kier molecular flexibility index (Phi) is 4.27. The van der Waals surface area contributed by atoms with E-state index in [0.29, 0.717) is 6.54 Å². The van der Waals surface area contributed by atoms with Crippen molar-refractivity contribution >= 4 is 12.6 Å². The summed E-state index contributed by atoms with van der Waals surface area (Å²) in [5.41, 5.74) is -0.594. The molecule has 0 aromatic carbocycles. The third-order valence-corrected chi connectivity index (χ3v) is 1.07. The van der Waals surface area contributed by atoms with Crippen molar-refractivity contribution < 1.29 is 5.11 Å². The Bertz CT molecular complexity index is 69.9. The maximum absolute atomic E-state index is 9.16. The van der Waals surface area contributed by atoms with Crippen molar-refractivity contribution in [2.45, 2.75) is 19.4 Å². The van der Waals surface area contributed by atoms with Gasteiger partial charge in [0, 0.05) is 18.8 Å². The van der Waals surface area contributed by atoms with Crippen LogP contribution in [0.25, 0.3) is 0 Å². The molecule has 3 heteroatoms. The van der Waals surface area contributed by atoms with Crippen LogP contribution in [0.4, 0.5) is 0 Å². The lowest BCUT2D eigenvalue weighted by Crippen LogP contribution is -2.35. The van der Waals surface area contributed by atoms with Gasteiger partial charge in [-0.15, -0.1) is 0 Å². The highest BCUT2D eigenvalue weighted by molar-refractivity contribution is 7.80. The van der Waals surface area contributed by atoms with Gasteiger partial charge in [-0.05, 0) is 13.8 Å². The van der Waals surface area contributed by atoms with E-state index in [4.69, 9.17) is 5.11 Å². The Morgan fingerprint density at radius 2 is 2.11 bits per heavy atom. The molecular formula is C6H15NOS. The second kappa shape index (κ2) is 4.14. The Morgan fingerprint density at radius 3 is 2.44 bits per heavy atom. The predicted molar refractivity (Wildman–Crippen MR) is 43.0 cm³/mol. The summed E-state index contributed by atoms with van der Waals surface area (Å²) in [6.45, 7) is 5.04. The quantitative estimate of drug-likeness (QED) is 0.396. The van der Waals surface area contributed by atoms with Crippen molar-refractivity contribution in [3.05, 3.63) is 0 Å². The smallest absolute Gasteiger partial charge is 0.0715 e. The van der Waals surface area contributed by atoms with Crippen LogP contribution >= 0.6 is 12.6 Å². The van der Waals surface area contributed by atoms with Crippen molar-refractivity contribution in [1.82, 2.24) is 5.32 Å². The van der Waals surface area contributed by atoms with Gasteiger partial charge >= 0.3 is 0 Å². The van der Waals surface area contributed by atoms with Crippen LogP contribution in [0, 0.1) is 0 Å². The van der Waals surface area contributed by atoms with Gasteiger partial charge < -0.3 is 10.4 Å². The predicted octanol–water partition coefficient (Wildman–Crippen LogP) is 0.277. The number of aliphatic hydroxyl groups is 1. The largest absolute Gasteiger partial charge is 0.389 e. The second-order valence-electron chi connectivity index (χ2n) is 2.71. The minimum absolute atomic E-state index is 0.594. The Hall–Kier alpha value is 0.270. The lowest BCUT2D eigenvalue weighted by molar-refractivity contribution is 0.0806. The van der Waals surface area contributed by atoms with E-state index in [0.717, 1.165) is 12.3 Å². The van der Waals surface area contributed by atoms with Crippen molar-refractivity contribution in [2.75, 3.05) is 18.8 Å². The standard InChI is InChI=1S/C6H15NOS/c1-6(2,8)5-7-3-4-9/h7-9H,3-5H2,1-2H3. The Morgan fingerprint density at radius 1 is 1.56 bits per heavy atom. The molecule has 0 saturated heterocycles. The van der Waals surface area contributed by atoms with Crippen molar-refractivity contribution in [1.29, 1.82) is 0 Å². The van der Waals surface area contributed by atoms with Gasteiger partial charge in [0.15, 0.2) is 0 Å². The van der Waals surface area contributed by atoms with Gasteiger partial charge in [-0.2, -0.15) is 12.6 Å². The number of hydrogen-bond donors (Lipinski definition) is 3. The Balaban J connectivity index is 3.07. The van der Waals surface area contributed by atoms with Crippen LogP contribution in [0.5, 0.6) is 0 Å². The highest BCUT2D eigenvalue weighted by atomic mass is 32.1. The second-order valence-corrected chi connectivity index (χ2v) is 3.16. The lowest BCUT2D eigenvalue weighted by atomic mass is 10.1. The highest BCUT2D eigenvalue weighted by Gasteiger charge is 2.09. The number of hydrogen-bond acceptors (Lipinski definition) is 3. The number of rotatable bonds is 4. The Labute approximate surface area is 62.1 Å². The third-order valence-electron chi connectivity index (χ3n) is 0.846. The maximum atomic E-state index is 9.16. The van der Waals surface area contributed by atoms with Crippen molar-refractivity contribution in [2.24, 2.45) is 0 Å². The molecule has 0 atom stereocenters. The lowest BCUT2D eigenvalue weighted by Gasteiger charge is -2.16. The van der Waals surface area contributed by atoms with E-state index >= 15 is 0 Å². The van der Waals surface area contributed by atoms with Gasteiger partial charge in [-0.3, -0.25) is 0 Å². The molecule has 0 aliphatic heterocycles. The first-order valence-electron chi connectivity index (χ1n) is 3.10. The summed E-state index contributed by atoms with van der Waals surface area (Å²) in [5.74, 6) is 0.816. The first kappa shape index (κ1) is 9.27. The van der Waals surface area contributed by atoms with E-state index in [9.17, 15) is 0 Å². The fourth-order valence-electron chi connectivity index (χ4n) is 0.473. The zero-order valence-electron chi connectivity index (χ0n) is 6.02. The van der Waals surface area contributed by atoms with Gasteiger partial charge in [0.05, 0.1) is 5.60 Å². The van der Waals surface area contributed by atoms with Crippen LogP contribution < -0.4 is 5.32 Å². The van der Waals surface area contributed by atoms with Gasteiger partial charge in [0.1, 0.15) is 0 Å². The van der Waals surface area contributed by atoms with Crippen LogP contribution in [0.15, 0.2) is 0 Å². The first-order chi connectivity index (χ1) is 4.06. The van der Waals surface area contributed by atoms with Crippen LogP contribution in [0.3, 0.4) is 0 Å². The van der Waals surface area contributed by atoms with Gasteiger partial charge in [-0.1, -0.05) is 0 Å². The molecule has 0 bridgehead atoms. The van der Waals surface area contributed by atoms with E-state index in [1.54, 1.807) is 13.8 Å². The highest BCUT2D eigenvalue weighted by Crippen LogP contribution is 1.96. The van der Waals surface area contributed by atoms with Crippen molar-refractivity contribution in [3.8, 4) is 0 Å². The molecule has 0 fully saturated rings. The minimum atomic E-state index is -0.594. The fraction of sp³-hybridized carbons (Fsp3) is 1.00. The molecule has 0 amide bonds. The minimum Gasteiger partial charge on any atom is -0.389 e. The monoisotopic (exact) mass is 149 g/mol. The summed E-state index contributed by atoms with van der Waals surface area (Å²) in [4.78, 5) is 0.